The fourth-order valence-corrected chi connectivity index (χ4v) is 2.48. The Morgan fingerprint density at radius 1 is 1.27 bits per heavy atom. The van der Waals surface area contributed by atoms with E-state index in [2.05, 4.69) is 15.6 Å². The van der Waals surface area contributed by atoms with Crippen molar-refractivity contribution in [3.8, 4) is 0 Å². The van der Waals surface area contributed by atoms with E-state index in [0.29, 0.717) is 26.0 Å². The van der Waals surface area contributed by atoms with Crippen LogP contribution in [0.2, 0.25) is 0 Å². The largest absolute Gasteiger partial charge is 0.385 e. The Bertz CT molecular complexity index is 715. The Balaban J connectivity index is 2.00. The summed E-state index contributed by atoms with van der Waals surface area (Å²) >= 11 is 0. The third-order valence-corrected chi connectivity index (χ3v) is 3.84. The second-order valence-electron chi connectivity index (χ2n) is 6.18. The van der Waals surface area contributed by atoms with Gasteiger partial charge in [0, 0.05) is 27.8 Å². The number of nitrogens with zero attached hydrogens (tertiary/aromatic N) is 4. The summed E-state index contributed by atoms with van der Waals surface area (Å²) in [6.45, 7) is 1.05. The number of likely N-dealkylation sites (N-methyl/N-ethyl adjacent to an activating group) is 1. The van der Waals surface area contributed by atoms with E-state index >= 15 is 0 Å². The van der Waals surface area contributed by atoms with Crippen LogP contribution >= 0.6 is 0 Å². The third kappa shape index (κ3) is 5.66. The lowest BCUT2D eigenvalue weighted by molar-refractivity contribution is -0.130. The van der Waals surface area contributed by atoms with Gasteiger partial charge in [-0.1, -0.05) is 35.5 Å². The molecule has 0 spiro atoms. The molecule has 0 aliphatic carbocycles. The summed E-state index contributed by atoms with van der Waals surface area (Å²) in [6.07, 6.45) is 2.74. The fourth-order valence-electron chi connectivity index (χ4n) is 2.48. The van der Waals surface area contributed by atoms with Gasteiger partial charge in [-0.2, -0.15) is 0 Å². The maximum atomic E-state index is 12.5. The normalized spacial score (nSPS) is 11.8. The van der Waals surface area contributed by atoms with Crippen LogP contribution in [0.15, 0.2) is 36.5 Å². The number of aromatic nitrogens is 3. The molecule has 2 amide bonds. The molecule has 140 valence electrons. The van der Waals surface area contributed by atoms with Gasteiger partial charge in [-0.25, -0.2) is 4.68 Å². The molecule has 8 heteroatoms. The van der Waals surface area contributed by atoms with Crippen molar-refractivity contribution in [1.29, 1.82) is 0 Å². The zero-order chi connectivity index (χ0) is 18.9. The summed E-state index contributed by atoms with van der Waals surface area (Å²) < 4.78 is 6.61. The number of carbonyl (C=O) groups is 2. The van der Waals surface area contributed by atoms with Crippen LogP contribution in [0, 0.1) is 0 Å². The van der Waals surface area contributed by atoms with Gasteiger partial charge >= 0.3 is 0 Å². The van der Waals surface area contributed by atoms with Gasteiger partial charge < -0.3 is 15.0 Å². The molecule has 1 N–H and O–H groups in total. The molecule has 1 unspecified atom stereocenters. The lowest BCUT2D eigenvalue weighted by atomic mass is 10.1. The minimum Gasteiger partial charge on any atom is -0.385 e. The standard InChI is InChI=1S/C18H25N5O3/c1-22(2)18(25)15(10-7-11-26-3)19-17(24)16-13-23(21-20-16)12-14-8-5-4-6-9-14/h4-6,8-9,13,15H,7,10-12H2,1-3H3,(H,19,24). The molecule has 0 fully saturated rings. The highest BCUT2D eigenvalue weighted by atomic mass is 16.5. The van der Waals surface area contributed by atoms with Crippen molar-refractivity contribution in [2.45, 2.75) is 25.4 Å². The van der Waals surface area contributed by atoms with Gasteiger partial charge in [0.1, 0.15) is 6.04 Å². The Labute approximate surface area is 153 Å². The van der Waals surface area contributed by atoms with Crippen LogP contribution in [0.5, 0.6) is 0 Å². The predicted octanol–water partition coefficient (Wildman–Crippen LogP) is 0.940. The average Bonchev–Trinajstić information content (AvgIpc) is 3.09. The van der Waals surface area contributed by atoms with E-state index in [1.165, 1.54) is 4.90 Å². The molecular formula is C18H25N5O3. The molecule has 0 aliphatic rings. The molecule has 1 aromatic heterocycles. The minimum atomic E-state index is -0.619. The molecule has 26 heavy (non-hydrogen) atoms. The monoisotopic (exact) mass is 359 g/mol. The van der Waals surface area contributed by atoms with Crippen LogP contribution in [-0.4, -0.2) is 65.6 Å². The molecule has 0 bridgehead atoms. The van der Waals surface area contributed by atoms with Gasteiger partial charge in [-0.15, -0.1) is 5.10 Å². The Kier molecular flexibility index (Phi) is 7.28. The SMILES string of the molecule is COCCCC(NC(=O)c1cn(Cc2ccccc2)nn1)C(=O)N(C)C. The summed E-state index contributed by atoms with van der Waals surface area (Å²) in [7, 11) is 4.92. The second kappa shape index (κ2) is 9.67. The van der Waals surface area contributed by atoms with Crippen LogP contribution in [0.1, 0.15) is 28.9 Å². The number of rotatable bonds is 9. The van der Waals surface area contributed by atoms with Crippen LogP contribution in [0.4, 0.5) is 0 Å². The minimum absolute atomic E-state index is 0.161. The summed E-state index contributed by atoms with van der Waals surface area (Å²) in [5.41, 5.74) is 1.24. The zero-order valence-corrected chi connectivity index (χ0v) is 15.4. The molecule has 2 rings (SSSR count). The van der Waals surface area contributed by atoms with Crippen molar-refractivity contribution < 1.29 is 14.3 Å². The van der Waals surface area contributed by atoms with Crippen LogP contribution in [0.3, 0.4) is 0 Å². The second-order valence-corrected chi connectivity index (χ2v) is 6.18. The van der Waals surface area contributed by atoms with Gasteiger partial charge in [-0.3, -0.25) is 9.59 Å². The van der Waals surface area contributed by atoms with Crippen molar-refractivity contribution >= 4 is 11.8 Å². The number of nitrogens with one attached hydrogen (secondary N) is 1. The summed E-state index contributed by atoms with van der Waals surface area (Å²) in [6, 6.07) is 9.16. The third-order valence-electron chi connectivity index (χ3n) is 3.84. The molecule has 0 saturated carbocycles. The Morgan fingerprint density at radius 3 is 2.65 bits per heavy atom. The van der Waals surface area contributed by atoms with E-state index in [-0.39, 0.29) is 11.6 Å². The number of hydrogen-bond acceptors (Lipinski definition) is 5. The molecule has 1 aromatic carbocycles. The maximum absolute atomic E-state index is 12.5. The van der Waals surface area contributed by atoms with Crippen molar-refractivity contribution in [2.24, 2.45) is 0 Å². The Morgan fingerprint density at radius 2 is 2.00 bits per heavy atom. The lowest BCUT2D eigenvalue weighted by Crippen LogP contribution is -2.46. The first-order valence-electron chi connectivity index (χ1n) is 8.46. The molecule has 0 aliphatic heterocycles. The number of hydrogen-bond donors (Lipinski definition) is 1. The van der Waals surface area contributed by atoms with Crippen molar-refractivity contribution in [3.05, 3.63) is 47.8 Å². The molecule has 0 saturated heterocycles. The number of methoxy groups -OCH3 is 1. The number of benzene rings is 1. The predicted molar refractivity (Wildman–Crippen MR) is 96.6 cm³/mol. The van der Waals surface area contributed by atoms with Gasteiger partial charge in [-0.05, 0) is 18.4 Å². The summed E-state index contributed by atoms with van der Waals surface area (Å²) in [5, 5.41) is 10.7. The smallest absolute Gasteiger partial charge is 0.274 e. The van der Waals surface area contributed by atoms with E-state index < -0.39 is 11.9 Å². The molecule has 1 atom stereocenters. The summed E-state index contributed by atoms with van der Waals surface area (Å²) in [4.78, 5) is 26.2. The highest BCUT2D eigenvalue weighted by Crippen LogP contribution is 2.05. The van der Waals surface area contributed by atoms with Crippen LogP contribution in [-0.2, 0) is 16.1 Å². The quantitative estimate of drug-likeness (QED) is 0.673. The van der Waals surface area contributed by atoms with Crippen molar-refractivity contribution in [3.63, 3.8) is 0 Å². The van der Waals surface area contributed by atoms with E-state index in [4.69, 9.17) is 4.74 Å². The highest BCUT2D eigenvalue weighted by molar-refractivity contribution is 5.95. The number of amides is 2. The molecule has 8 nitrogen and oxygen atoms in total. The van der Waals surface area contributed by atoms with E-state index in [1.54, 1.807) is 32.1 Å². The molecule has 0 radical (unpaired) electrons. The van der Waals surface area contributed by atoms with Crippen molar-refractivity contribution in [2.75, 3.05) is 27.8 Å². The van der Waals surface area contributed by atoms with E-state index in [0.717, 1.165) is 5.56 Å². The fraction of sp³-hybridized carbons (Fsp3) is 0.444. The van der Waals surface area contributed by atoms with Crippen LogP contribution < -0.4 is 5.32 Å². The van der Waals surface area contributed by atoms with Crippen LogP contribution in [0.25, 0.3) is 0 Å². The molecular weight excluding hydrogens is 334 g/mol. The first kappa shape index (κ1) is 19.6. The maximum Gasteiger partial charge on any atom is 0.274 e. The average molecular weight is 359 g/mol. The first-order valence-corrected chi connectivity index (χ1v) is 8.46. The zero-order valence-electron chi connectivity index (χ0n) is 15.4. The highest BCUT2D eigenvalue weighted by Gasteiger charge is 2.23. The van der Waals surface area contributed by atoms with E-state index in [1.807, 2.05) is 30.3 Å². The number of carbonyl (C=O) groups excluding carboxylic acids is 2. The van der Waals surface area contributed by atoms with Gasteiger partial charge in [0.15, 0.2) is 5.69 Å². The summed E-state index contributed by atoms with van der Waals surface area (Å²) in [5.74, 6) is -0.576. The van der Waals surface area contributed by atoms with E-state index in [9.17, 15) is 9.59 Å². The first-order chi connectivity index (χ1) is 12.5. The topological polar surface area (TPSA) is 89.3 Å². The Hall–Kier alpha value is -2.74. The van der Waals surface area contributed by atoms with Gasteiger partial charge in [0.25, 0.3) is 5.91 Å². The van der Waals surface area contributed by atoms with Gasteiger partial charge in [0.2, 0.25) is 5.91 Å². The lowest BCUT2D eigenvalue weighted by Gasteiger charge is -2.21. The molecule has 2 aromatic rings. The van der Waals surface area contributed by atoms with Gasteiger partial charge in [0.05, 0.1) is 12.7 Å². The number of ether oxygens (including phenoxy) is 1. The molecule has 1 heterocycles. The van der Waals surface area contributed by atoms with Crippen molar-refractivity contribution in [1.82, 2.24) is 25.2 Å².